The van der Waals surface area contributed by atoms with Crippen LogP contribution in [0.5, 0.6) is 5.75 Å². The summed E-state index contributed by atoms with van der Waals surface area (Å²) in [4.78, 5) is 17.6. The van der Waals surface area contributed by atoms with Crippen LogP contribution in [0.4, 0.5) is 0 Å². The molecule has 1 unspecified atom stereocenters. The zero-order chi connectivity index (χ0) is 13.4. The highest BCUT2D eigenvalue weighted by atomic mass is 31.2. The van der Waals surface area contributed by atoms with Gasteiger partial charge < -0.3 is 20.3 Å². The number of hydrogen-bond acceptors (Lipinski definition) is 3. The van der Waals surface area contributed by atoms with Crippen molar-refractivity contribution in [2.75, 3.05) is 6.61 Å². The van der Waals surface area contributed by atoms with Crippen molar-refractivity contribution in [2.45, 2.75) is 31.5 Å². The Bertz CT molecular complexity index is 379. The molecule has 0 spiro atoms. The van der Waals surface area contributed by atoms with Crippen LogP contribution in [0.1, 0.15) is 25.7 Å². The summed E-state index contributed by atoms with van der Waals surface area (Å²) < 4.78 is 16.3. The molecule has 1 aromatic carbocycles. The van der Waals surface area contributed by atoms with Gasteiger partial charge in [-0.2, -0.15) is 0 Å². The zero-order valence-electron chi connectivity index (χ0n) is 10.2. The fraction of sp³-hybridized carbons (Fsp3) is 0.500. The number of benzene rings is 1. The molecule has 0 amide bonds. The van der Waals surface area contributed by atoms with E-state index in [1.807, 2.05) is 30.3 Å². The quantitative estimate of drug-likeness (QED) is 0.498. The largest absolute Gasteiger partial charge is 0.494 e. The van der Waals surface area contributed by atoms with E-state index in [9.17, 15) is 4.57 Å². The van der Waals surface area contributed by atoms with E-state index in [-0.39, 0.29) is 0 Å². The van der Waals surface area contributed by atoms with Crippen LogP contribution in [0.2, 0.25) is 0 Å². The van der Waals surface area contributed by atoms with Gasteiger partial charge in [0.1, 0.15) is 11.5 Å². The number of hydrogen-bond donors (Lipinski definition) is 3. The summed E-state index contributed by atoms with van der Waals surface area (Å²) in [6.45, 7) is 0.606. The third kappa shape index (κ3) is 6.17. The van der Waals surface area contributed by atoms with Gasteiger partial charge in [-0.1, -0.05) is 24.6 Å². The van der Waals surface area contributed by atoms with Crippen LogP contribution in [0.25, 0.3) is 0 Å². The molecule has 0 aliphatic heterocycles. The Balaban J connectivity index is 2.04. The molecule has 0 fully saturated rings. The van der Waals surface area contributed by atoms with E-state index in [1.165, 1.54) is 0 Å². The molecular weight excluding hydrogens is 253 g/mol. The number of rotatable bonds is 8. The average Bonchev–Trinajstić information content (AvgIpc) is 2.33. The Morgan fingerprint density at radius 1 is 1.17 bits per heavy atom. The summed E-state index contributed by atoms with van der Waals surface area (Å²) in [7, 11) is -4.11. The van der Waals surface area contributed by atoms with Gasteiger partial charge in [0.15, 0.2) is 0 Å². The lowest BCUT2D eigenvalue weighted by molar-refractivity contribution is 0.303. The fourth-order valence-electron chi connectivity index (χ4n) is 1.51. The molecule has 0 saturated carbocycles. The molecule has 1 aromatic rings. The molecule has 1 rings (SSSR count). The summed E-state index contributed by atoms with van der Waals surface area (Å²) in [5.74, 6) is -0.197. The van der Waals surface area contributed by atoms with Gasteiger partial charge in [0.05, 0.1) is 6.61 Å². The van der Waals surface area contributed by atoms with Gasteiger partial charge in [0, 0.05) is 0 Å². The van der Waals surface area contributed by atoms with Crippen molar-refractivity contribution in [1.82, 2.24) is 0 Å². The molecular formula is C12H20NO4P. The molecule has 0 bridgehead atoms. The molecule has 102 valence electrons. The molecule has 6 heteroatoms. The Morgan fingerprint density at radius 2 is 1.83 bits per heavy atom. The molecule has 0 aliphatic rings. The number of para-hydroxylation sites is 1. The standard InChI is InChI=1S/C12H20NO4P/c13-12(18(14,15)16)9-5-2-6-10-17-11-7-3-1-4-8-11/h1,3-4,7-8,12H,2,5-6,9-10,13H2,(H2,14,15,16). The molecule has 18 heavy (non-hydrogen) atoms. The van der Waals surface area contributed by atoms with Crippen molar-refractivity contribution < 1.29 is 19.1 Å². The molecule has 0 aromatic heterocycles. The van der Waals surface area contributed by atoms with Gasteiger partial charge in [-0.15, -0.1) is 0 Å². The number of unbranched alkanes of at least 4 members (excludes halogenated alkanes) is 2. The van der Waals surface area contributed by atoms with Crippen LogP contribution in [-0.2, 0) is 4.57 Å². The Kier molecular flexibility index (Phi) is 6.36. The molecule has 0 saturated heterocycles. The number of ether oxygens (including phenoxy) is 1. The normalized spacial score (nSPS) is 13.3. The SMILES string of the molecule is NC(CCCCCOc1ccccc1)P(=O)(O)O. The predicted molar refractivity (Wildman–Crippen MR) is 70.4 cm³/mol. The van der Waals surface area contributed by atoms with E-state index in [4.69, 9.17) is 20.3 Å². The summed E-state index contributed by atoms with van der Waals surface area (Å²) >= 11 is 0. The van der Waals surface area contributed by atoms with E-state index >= 15 is 0 Å². The maximum atomic E-state index is 10.8. The molecule has 0 heterocycles. The van der Waals surface area contributed by atoms with E-state index in [0.29, 0.717) is 19.4 Å². The second kappa shape index (κ2) is 7.54. The van der Waals surface area contributed by atoms with Crippen LogP contribution in [0.15, 0.2) is 30.3 Å². The van der Waals surface area contributed by atoms with Crippen LogP contribution in [-0.4, -0.2) is 22.2 Å². The van der Waals surface area contributed by atoms with Crippen molar-refractivity contribution in [3.63, 3.8) is 0 Å². The second-order valence-electron chi connectivity index (χ2n) is 4.17. The lowest BCUT2D eigenvalue weighted by Crippen LogP contribution is -2.19. The topological polar surface area (TPSA) is 92.8 Å². The first-order valence-corrected chi connectivity index (χ1v) is 7.67. The van der Waals surface area contributed by atoms with Crippen molar-refractivity contribution in [1.29, 1.82) is 0 Å². The minimum Gasteiger partial charge on any atom is -0.494 e. The smallest absolute Gasteiger partial charge is 0.342 e. The first-order valence-electron chi connectivity index (χ1n) is 5.99. The van der Waals surface area contributed by atoms with E-state index < -0.39 is 13.4 Å². The maximum absolute atomic E-state index is 10.8. The Labute approximate surface area is 107 Å². The van der Waals surface area contributed by atoms with Crippen molar-refractivity contribution in [2.24, 2.45) is 5.73 Å². The summed E-state index contributed by atoms with van der Waals surface area (Å²) in [6, 6.07) is 9.53. The van der Waals surface area contributed by atoms with E-state index in [1.54, 1.807) is 0 Å². The molecule has 4 N–H and O–H groups in total. The first-order chi connectivity index (χ1) is 8.50. The van der Waals surface area contributed by atoms with E-state index in [2.05, 4.69) is 0 Å². The molecule has 5 nitrogen and oxygen atoms in total. The van der Waals surface area contributed by atoms with Gasteiger partial charge in [0.25, 0.3) is 0 Å². The number of nitrogens with two attached hydrogens (primary N) is 1. The monoisotopic (exact) mass is 273 g/mol. The first kappa shape index (κ1) is 15.2. The zero-order valence-corrected chi connectivity index (χ0v) is 11.1. The van der Waals surface area contributed by atoms with Gasteiger partial charge in [0.2, 0.25) is 0 Å². The lowest BCUT2D eigenvalue weighted by atomic mass is 10.2. The molecule has 0 aliphatic carbocycles. The van der Waals surface area contributed by atoms with Gasteiger partial charge in [-0.3, -0.25) is 4.57 Å². The van der Waals surface area contributed by atoms with Crippen LogP contribution >= 0.6 is 7.60 Å². The summed E-state index contributed by atoms with van der Waals surface area (Å²) in [5.41, 5.74) is 5.36. The van der Waals surface area contributed by atoms with Gasteiger partial charge >= 0.3 is 7.60 Å². The van der Waals surface area contributed by atoms with Crippen LogP contribution in [0, 0.1) is 0 Å². The highest BCUT2D eigenvalue weighted by Crippen LogP contribution is 2.40. The Hall–Kier alpha value is -0.870. The van der Waals surface area contributed by atoms with Gasteiger partial charge in [-0.25, -0.2) is 0 Å². The molecule has 0 radical (unpaired) electrons. The van der Waals surface area contributed by atoms with E-state index in [0.717, 1.165) is 18.6 Å². The van der Waals surface area contributed by atoms with Crippen LogP contribution in [0.3, 0.4) is 0 Å². The highest BCUT2D eigenvalue weighted by Gasteiger charge is 2.23. The second-order valence-corrected chi connectivity index (χ2v) is 6.01. The van der Waals surface area contributed by atoms with Gasteiger partial charge in [-0.05, 0) is 31.4 Å². The summed E-state index contributed by atoms with van der Waals surface area (Å²) in [6.07, 6.45) is 2.74. The van der Waals surface area contributed by atoms with Crippen molar-refractivity contribution >= 4 is 7.60 Å². The van der Waals surface area contributed by atoms with Crippen LogP contribution < -0.4 is 10.5 Å². The maximum Gasteiger partial charge on any atom is 0.342 e. The minimum absolute atomic E-state index is 0.343. The lowest BCUT2D eigenvalue weighted by Gasteiger charge is -2.12. The highest BCUT2D eigenvalue weighted by molar-refractivity contribution is 7.52. The predicted octanol–water partition coefficient (Wildman–Crippen LogP) is 2.09. The summed E-state index contributed by atoms with van der Waals surface area (Å²) in [5, 5.41) is 0. The third-order valence-electron chi connectivity index (χ3n) is 2.59. The molecule has 1 atom stereocenters. The van der Waals surface area contributed by atoms with Crippen molar-refractivity contribution in [3.05, 3.63) is 30.3 Å². The van der Waals surface area contributed by atoms with Crippen molar-refractivity contribution in [3.8, 4) is 5.75 Å². The minimum atomic E-state index is -4.11. The third-order valence-corrected chi connectivity index (χ3v) is 3.71. The fourth-order valence-corrected chi connectivity index (χ4v) is 2.03. The Morgan fingerprint density at radius 3 is 2.44 bits per heavy atom. The average molecular weight is 273 g/mol.